The fourth-order valence-electron chi connectivity index (χ4n) is 6.55. The predicted molar refractivity (Wildman–Crippen MR) is 203 cm³/mol. The van der Waals surface area contributed by atoms with Gasteiger partial charge in [0, 0.05) is 74.9 Å². The van der Waals surface area contributed by atoms with Crippen molar-refractivity contribution in [1.82, 2.24) is 23.7 Å². The highest BCUT2D eigenvalue weighted by atomic mass is 32.2. The van der Waals surface area contributed by atoms with Crippen LogP contribution in [0.25, 0.3) is 16.7 Å². The van der Waals surface area contributed by atoms with E-state index < -0.39 is 23.9 Å². The van der Waals surface area contributed by atoms with E-state index >= 15 is 0 Å². The third-order valence-electron chi connectivity index (χ3n) is 10.3. The number of amides is 1. The summed E-state index contributed by atoms with van der Waals surface area (Å²) < 4.78 is 41.3. The second-order valence-corrected chi connectivity index (χ2v) is 23.0. The zero-order chi connectivity index (χ0) is 36.5. The lowest BCUT2D eigenvalue weighted by Gasteiger charge is -2.38. The second-order valence-electron chi connectivity index (χ2n) is 16.2. The Morgan fingerprint density at radius 3 is 2.30 bits per heavy atom. The van der Waals surface area contributed by atoms with E-state index in [0.29, 0.717) is 32.2 Å². The van der Waals surface area contributed by atoms with Crippen molar-refractivity contribution in [2.75, 3.05) is 55.8 Å². The Labute approximate surface area is 299 Å². The number of rotatable bonds is 10. The third kappa shape index (κ3) is 9.17. The number of sulfonamides is 1. The highest BCUT2D eigenvalue weighted by molar-refractivity contribution is 7.88. The molecule has 3 heterocycles. The van der Waals surface area contributed by atoms with E-state index in [4.69, 9.17) is 14.1 Å². The summed E-state index contributed by atoms with van der Waals surface area (Å²) in [4.78, 5) is 26.1. The lowest BCUT2D eigenvalue weighted by atomic mass is 9.91. The van der Waals surface area contributed by atoms with Gasteiger partial charge in [-0.25, -0.2) is 18.2 Å². The van der Waals surface area contributed by atoms with Crippen LogP contribution in [0.1, 0.15) is 67.2 Å². The summed E-state index contributed by atoms with van der Waals surface area (Å²) in [5, 5.41) is 4.72. The van der Waals surface area contributed by atoms with E-state index in [1.807, 2.05) is 33.0 Å². The molecule has 2 fully saturated rings. The fourth-order valence-corrected chi connectivity index (χ4v) is 8.75. The average molecular weight is 728 g/mol. The number of piperazine rings is 1. The molecule has 2 aliphatic rings. The van der Waals surface area contributed by atoms with Crippen LogP contribution >= 0.6 is 0 Å². The largest absolute Gasteiger partial charge is 0.444 e. The van der Waals surface area contributed by atoms with Crippen LogP contribution in [0.2, 0.25) is 18.1 Å². The number of nitrogens with zero attached hydrogens (tertiary/aromatic N) is 6. The van der Waals surface area contributed by atoms with Gasteiger partial charge in [-0.15, -0.1) is 0 Å². The monoisotopic (exact) mass is 727 g/mol. The molecule has 0 bridgehead atoms. The maximum Gasteiger partial charge on any atom is 0.410 e. The van der Waals surface area contributed by atoms with Gasteiger partial charge in [0.15, 0.2) is 8.32 Å². The van der Waals surface area contributed by atoms with Gasteiger partial charge in [0.1, 0.15) is 11.4 Å². The summed E-state index contributed by atoms with van der Waals surface area (Å²) >= 11 is 0. The number of hydrogen-bond donors (Lipinski definition) is 1. The Kier molecular flexibility index (Phi) is 11.3. The molecule has 1 amide bonds. The van der Waals surface area contributed by atoms with Crippen molar-refractivity contribution in [3.8, 4) is 5.82 Å². The summed E-state index contributed by atoms with van der Waals surface area (Å²) in [5.74, 6) is 1.33. The highest BCUT2D eigenvalue weighted by Gasteiger charge is 2.38. The minimum absolute atomic E-state index is 0.0426. The van der Waals surface area contributed by atoms with Crippen molar-refractivity contribution in [1.29, 1.82) is 0 Å². The van der Waals surface area contributed by atoms with Gasteiger partial charge in [0.2, 0.25) is 16.0 Å². The first kappa shape index (κ1) is 38.0. The number of benzene rings is 1. The molecule has 1 aliphatic heterocycles. The molecule has 1 N–H and O–H groups in total. The van der Waals surface area contributed by atoms with Crippen LogP contribution in [0.15, 0.2) is 42.7 Å². The number of ether oxygens (including phenoxy) is 1. The van der Waals surface area contributed by atoms with Gasteiger partial charge < -0.3 is 28.8 Å². The lowest BCUT2D eigenvalue weighted by Crippen LogP contribution is -2.50. The predicted octanol–water partition coefficient (Wildman–Crippen LogP) is 6.48. The van der Waals surface area contributed by atoms with Crippen LogP contribution in [0, 0.1) is 0 Å². The Morgan fingerprint density at radius 1 is 1.00 bits per heavy atom. The molecule has 1 saturated heterocycles. The molecule has 12 nitrogen and oxygen atoms in total. The molecule has 1 aromatic carbocycles. The molecule has 0 spiro atoms. The number of anilines is 2. The molecule has 2 aromatic heterocycles. The minimum Gasteiger partial charge on any atom is -0.444 e. The summed E-state index contributed by atoms with van der Waals surface area (Å²) in [6.07, 6.45) is 8.04. The van der Waals surface area contributed by atoms with Gasteiger partial charge in [0.05, 0.1) is 11.8 Å². The van der Waals surface area contributed by atoms with Gasteiger partial charge in [-0.3, -0.25) is 0 Å². The standard InChI is InChI=1S/C36H57N7O5SSi/c1-35(2,3)48-34(44)41-23-21-40(22-24-41)30-11-10-12-31-29(30)18-20-42(31)32-17-19-37-33(39-32)38-27-13-15-28(16-14-27)43(49(7,45)46)25-26-47-50(8,9)36(4,5)6/h10-12,17-20,27-28H,13-16,21-26H2,1-9H3,(H,37,38,39). The minimum atomic E-state index is -3.37. The van der Waals surface area contributed by atoms with Crippen LogP contribution in [0.3, 0.4) is 0 Å². The molecular formula is C36H57N7O5SSi. The van der Waals surface area contributed by atoms with Crippen LogP contribution in [-0.4, -0.2) is 110 Å². The van der Waals surface area contributed by atoms with E-state index in [9.17, 15) is 13.2 Å². The molecule has 1 saturated carbocycles. The first-order chi connectivity index (χ1) is 23.3. The van der Waals surface area contributed by atoms with Crippen molar-refractivity contribution in [3.63, 3.8) is 0 Å². The van der Waals surface area contributed by atoms with Crippen molar-refractivity contribution < 1.29 is 22.4 Å². The molecule has 0 unspecified atom stereocenters. The molecule has 50 heavy (non-hydrogen) atoms. The van der Waals surface area contributed by atoms with Crippen LogP contribution in [0.5, 0.6) is 0 Å². The average Bonchev–Trinajstić information content (AvgIpc) is 3.47. The Bertz CT molecular complexity index is 1740. The Balaban J connectivity index is 1.20. The normalized spacial score (nSPS) is 19.6. The maximum atomic E-state index is 12.8. The Hall–Kier alpha value is -3.20. The number of carbonyl (C=O) groups excluding carboxylic acids is 1. The van der Waals surface area contributed by atoms with Crippen molar-refractivity contribution in [3.05, 3.63) is 42.7 Å². The van der Waals surface area contributed by atoms with Crippen LogP contribution < -0.4 is 10.2 Å². The maximum absolute atomic E-state index is 12.8. The number of carbonyl (C=O) groups is 1. The van der Waals surface area contributed by atoms with E-state index in [-0.39, 0.29) is 23.2 Å². The first-order valence-electron chi connectivity index (χ1n) is 17.9. The second kappa shape index (κ2) is 14.8. The van der Waals surface area contributed by atoms with E-state index in [2.05, 4.69) is 77.9 Å². The summed E-state index contributed by atoms with van der Waals surface area (Å²) in [7, 11) is -5.33. The smallest absolute Gasteiger partial charge is 0.410 e. The number of hydrogen-bond acceptors (Lipinski definition) is 9. The quantitative estimate of drug-likeness (QED) is 0.234. The summed E-state index contributed by atoms with van der Waals surface area (Å²) in [6, 6.07) is 10.4. The molecule has 276 valence electrons. The van der Waals surface area contributed by atoms with Gasteiger partial charge in [-0.05, 0) is 88.9 Å². The molecule has 0 radical (unpaired) electrons. The molecule has 5 rings (SSSR count). The zero-order valence-corrected chi connectivity index (χ0v) is 33.2. The third-order valence-corrected chi connectivity index (χ3v) is 16.2. The van der Waals surface area contributed by atoms with Crippen molar-refractivity contribution in [2.24, 2.45) is 0 Å². The number of fused-ring (bicyclic) bond motifs is 1. The van der Waals surface area contributed by atoms with Crippen molar-refractivity contribution >= 4 is 47.0 Å². The Morgan fingerprint density at radius 2 is 1.68 bits per heavy atom. The molecule has 0 atom stereocenters. The van der Waals surface area contributed by atoms with Crippen LogP contribution in [-0.2, 0) is 19.2 Å². The first-order valence-corrected chi connectivity index (χ1v) is 22.6. The summed E-state index contributed by atoms with van der Waals surface area (Å²) in [6.45, 7) is 20.1. The lowest BCUT2D eigenvalue weighted by molar-refractivity contribution is 0.0240. The number of aromatic nitrogens is 3. The molecule has 14 heteroatoms. The molecule has 3 aromatic rings. The molecular weight excluding hydrogens is 671 g/mol. The topological polar surface area (TPSA) is 122 Å². The van der Waals surface area contributed by atoms with Gasteiger partial charge in [-0.1, -0.05) is 26.8 Å². The van der Waals surface area contributed by atoms with E-state index in [1.54, 1.807) is 15.4 Å². The van der Waals surface area contributed by atoms with E-state index in [0.717, 1.165) is 61.2 Å². The van der Waals surface area contributed by atoms with Gasteiger partial charge >= 0.3 is 6.09 Å². The summed E-state index contributed by atoms with van der Waals surface area (Å²) in [5.41, 5.74) is 1.66. The zero-order valence-electron chi connectivity index (χ0n) is 31.4. The highest BCUT2D eigenvalue weighted by Crippen LogP contribution is 2.37. The van der Waals surface area contributed by atoms with E-state index in [1.165, 1.54) is 6.26 Å². The fraction of sp³-hybridized carbons (Fsp3) is 0.639. The SMILES string of the molecule is CC(C)(C)OC(=O)N1CCN(c2cccc3c2ccn3-c2ccnc(NC3CCC(N(CCO[Si](C)(C)C(C)(C)C)S(C)(=O)=O)CC3)n2)CC1. The molecule has 1 aliphatic carbocycles. The van der Waals surface area contributed by atoms with Crippen molar-refractivity contribution in [2.45, 2.75) is 103 Å². The van der Waals surface area contributed by atoms with Crippen LogP contribution in [0.4, 0.5) is 16.4 Å². The number of nitrogens with one attached hydrogen (secondary N) is 1. The van der Waals surface area contributed by atoms with Gasteiger partial charge in [-0.2, -0.15) is 9.29 Å². The van der Waals surface area contributed by atoms with Gasteiger partial charge in [0.25, 0.3) is 0 Å².